The lowest BCUT2D eigenvalue weighted by Gasteiger charge is -2.06. The van der Waals surface area contributed by atoms with Crippen molar-refractivity contribution >= 4 is 11.8 Å². The van der Waals surface area contributed by atoms with Gasteiger partial charge < -0.3 is 4.74 Å². The molecule has 3 rings (SSSR count). The highest BCUT2D eigenvalue weighted by Crippen LogP contribution is 2.18. The van der Waals surface area contributed by atoms with Crippen molar-refractivity contribution in [3.63, 3.8) is 0 Å². The smallest absolute Gasteiger partial charge is 0.209 e. The van der Waals surface area contributed by atoms with Crippen molar-refractivity contribution in [1.29, 1.82) is 0 Å². The van der Waals surface area contributed by atoms with Crippen LogP contribution in [0.5, 0.6) is 5.75 Å². The molecule has 0 atom stereocenters. The number of hydrogen-bond acceptors (Lipinski definition) is 5. The molecule has 0 N–H and O–H groups in total. The van der Waals surface area contributed by atoms with Crippen LogP contribution in [0.25, 0.3) is 0 Å². The predicted octanol–water partition coefficient (Wildman–Crippen LogP) is 3.45. The Morgan fingerprint density at radius 3 is 2.54 bits per heavy atom. The molecule has 1 aromatic heterocycles. The Labute approximate surface area is 146 Å². The molecular formula is C18H20N4OS. The van der Waals surface area contributed by atoms with E-state index in [1.165, 1.54) is 5.56 Å². The van der Waals surface area contributed by atoms with E-state index in [-0.39, 0.29) is 0 Å². The lowest BCUT2D eigenvalue weighted by molar-refractivity contribution is 0.414. The van der Waals surface area contributed by atoms with E-state index in [4.69, 9.17) is 4.74 Å². The zero-order valence-electron chi connectivity index (χ0n) is 13.6. The number of thioether (sulfide) groups is 1. The normalized spacial score (nSPS) is 10.7. The fourth-order valence-corrected chi connectivity index (χ4v) is 3.20. The average molecular weight is 340 g/mol. The summed E-state index contributed by atoms with van der Waals surface area (Å²) in [7, 11) is 1.67. The van der Waals surface area contributed by atoms with E-state index in [0.29, 0.717) is 6.54 Å². The Morgan fingerprint density at radius 2 is 1.79 bits per heavy atom. The van der Waals surface area contributed by atoms with Crippen LogP contribution in [0.1, 0.15) is 17.5 Å². The van der Waals surface area contributed by atoms with Crippen molar-refractivity contribution in [3.05, 3.63) is 65.7 Å². The highest BCUT2D eigenvalue weighted by atomic mass is 32.2. The quantitative estimate of drug-likeness (QED) is 0.464. The van der Waals surface area contributed by atoms with E-state index in [1.54, 1.807) is 18.9 Å². The van der Waals surface area contributed by atoms with Gasteiger partial charge in [-0.15, -0.1) is 5.10 Å². The molecule has 0 aliphatic rings. The van der Waals surface area contributed by atoms with Crippen LogP contribution >= 0.6 is 11.8 Å². The molecule has 0 bridgehead atoms. The Morgan fingerprint density at radius 1 is 1.00 bits per heavy atom. The Hall–Kier alpha value is -2.34. The maximum atomic E-state index is 5.18. The molecule has 124 valence electrons. The lowest BCUT2D eigenvalue weighted by atomic mass is 10.1. The summed E-state index contributed by atoms with van der Waals surface area (Å²) in [4.78, 5) is 0. The zero-order chi connectivity index (χ0) is 16.6. The SMILES string of the molecule is COc1ccc(Cn2nnnc2SCCCc2ccccc2)cc1. The maximum absolute atomic E-state index is 5.18. The van der Waals surface area contributed by atoms with E-state index >= 15 is 0 Å². The molecule has 0 radical (unpaired) electrons. The summed E-state index contributed by atoms with van der Waals surface area (Å²) in [5, 5.41) is 12.9. The number of aromatic nitrogens is 4. The van der Waals surface area contributed by atoms with Crippen molar-refractivity contribution in [3.8, 4) is 5.75 Å². The topological polar surface area (TPSA) is 52.8 Å². The van der Waals surface area contributed by atoms with Crippen LogP contribution in [0.15, 0.2) is 59.8 Å². The van der Waals surface area contributed by atoms with E-state index in [9.17, 15) is 0 Å². The minimum atomic E-state index is 0.665. The van der Waals surface area contributed by atoms with E-state index < -0.39 is 0 Å². The van der Waals surface area contributed by atoms with Crippen molar-refractivity contribution in [2.24, 2.45) is 0 Å². The van der Waals surface area contributed by atoms with Crippen molar-refractivity contribution in [1.82, 2.24) is 20.2 Å². The van der Waals surface area contributed by atoms with Gasteiger partial charge in [-0.05, 0) is 46.5 Å². The summed E-state index contributed by atoms with van der Waals surface area (Å²) >= 11 is 1.70. The molecule has 0 saturated heterocycles. The third-order valence-corrected chi connectivity index (χ3v) is 4.72. The molecule has 0 unspecified atom stereocenters. The molecule has 0 aliphatic heterocycles. The Kier molecular flexibility index (Phi) is 5.85. The minimum Gasteiger partial charge on any atom is -0.497 e. The van der Waals surface area contributed by atoms with E-state index in [2.05, 4.69) is 39.8 Å². The number of rotatable bonds is 8. The molecule has 24 heavy (non-hydrogen) atoms. The summed E-state index contributed by atoms with van der Waals surface area (Å²) in [6.45, 7) is 0.665. The predicted molar refractivity (Wildman–Crippen MR) is 95.4 cm³/mol. The van der Waals surface area contributed by atoms with Crippen LogP contribution in [-0.2, 0) is 13.0 Å². The van der Waals surface area contributed by atoms with Crippen LogP contribution in [-0.4, -0.2) is 33.1 Å². The molecule has 1 heterocycles. The number of methoxy groups -OCH3 is 1. The standard InChI is InChI=1S/C18H20N4OS/c1-23-17-11-9-16(10-12-17)14-22-18(19-20-21-22)24-13-5-8-15-6-3-2-4-7-15/h2-4,6-7,9-12H,5,8,13-14H2,1H3. The monoisotopic (exact) mass is 340 g/mol. The minimum absolute atomic E-state index is 0.665. The molecule has 5 nitrogen and oxygen atoms in total. The van der Waals surface area contributed by atoms with Crippen LogP contribution in [0.2, 0.25) is 0 Å². The first-order chi connectivity index (χ1) is 11.8. The number of nitrogens with zero attached hydrogens (tertiary/aromatic N) is 4. The molecular weight excluding hydrogens is 320 g/mol. The maximum Gasteiger partial charge on any atom is 0.209 e. The van der Waals surface area contributed by atoms with Crippen LogP contribution in [0, 0.1) is 0 Å². The second-order valence-electron chi connectivity index (χ2n) is 5.40. The first-order valence-corrected chi connectivity index (χ1v) is 8.89. The summed E-state index contributed by atoms with van der Waals surface area (Å²) in [6, 6.07) is 18.5. The number of benzene rings is 2. The van der Waals surface area contributed by atoms with Gasteiger partial charge in [-0.3, -0.25) is 0 Å². The van der Waals surface area contributed by atoms with Gasteiger partial charge in [0.2, 0.25) is 5.16 Å². The van der Waals surface area contributed by atoms with Crippen molar-refractivity contribution in [2.45, 2.75) is 24.5 Å². The largest absolute Gasteiger partial charge is 0.497 e. The van der Waals surface area contributed by atoms with Crippen molar-refractivity contribution < 1.29 is 4.74 Å². The van der Waals surface area contributed by atoms with E-state index in [0.717, 1.165) is 35.1 Å². The summed E-state index contributed by atoms with van der Waals surface area (Å²) in [6.07, 6.45) is 2.18. The molecule has 0 fully saturated rings. The van der Waals surface area contributed by atoms with Gasteiger partial charge in [0.25, 0.3) is 0 Å². The summed E-state index contributed by atoms with van der Waals surface area (Å²) in [5.41, 5.74) is 2.52. The Balaban J connectivity index is 1.51. The second-order valence-corrected chi connectivity index (χ2v) is 6.47. The lowest BCUT2D eigenvalue weighted by Crippen LogP contribution is -2.04. The Bertz CT molecular complexity index is 743. The highest BCUT2D eigenvalue weighted by Gasteiger charge is 2.07. The van der Waals surface area contributed by atoms with E-state index in [1.807, 2.05) is 35.0 Å². The van der Waals surface area contributed by atoms with Crippen LogP contribution < -0.4 is 4.74 Å². The second kappa shape index (κ2) is 8.49. The molecule has 0 amide bonds. The van der Waals surface area contributed by atoms with Gasteiger partial charge in [-0.25, -0.2) is 4.68 Å². The fourth-order valence-electron chi connectivity index (χ4n) is 2.39. The van der Waals surface area contributed by atoms with Gasteiger partial charge in [-0.2, -0.15) is 0 Å². The number of tetrazole rings is 1. The van der Waals surface area contributed by atoms with Crippen LogP contribution in [0.4, 0.5) is 0 Å². The molecule has 6 heteroatoms. The van der Waals surface area contributed by atoms with Gasteiger partial charge in [0.1, 0.15) is 5.75 Å². The van der Waals surface area contributed by atoms with Gasteiger partial charge in [0, 0.05) is 5.75 Å². The van der Waals surface area contributed by atoms with Gasteiger partial charge >= 0.3 is 0 Å². The van der Waals surface area contributed by atoms with Gasteiger partial charge in [0.05, 0.1) is 13.7 Å². The fraction of sp³-hybridized carbons (Fsp3) is 0.278. The summed E-state index contributed by atoms with van der Waals surface area (Å²) in [5.74, 6) is 1.85. The third-order valence-electron chi connectivity index (χ3n) is 3.67. The van der Waals surface area contributed by atoms with Crippen molar-refractivity contribution in [2.75, 3.05) is 12.9 Å². The molecule has 0 aliphatic carbocycles. The number of hydrogen-bond donors (Lipinski definition) is 0. The first kappa shape index (κ1) is 16.5. The number of ether oxygens (including phenoxy) is 1. The molecule has 0 spiro atoms. The average Bonchev–Trinajstić information content (AvgIpc) is 3.07. The molecule has 2 aromatic carbocycles. The van der Waals surface area contributed by atoms with Crippen LogP contribution in [0.3, 0.4) is 0 Å². The molecule has 3 aromatic rings. The van der Waals surface area contributed by atoms with Gasteiger partial charge in [0.15, 0.2) is 0 Å². The first-order valence-electron chi connectivity index (χ1n) is 7.91. The highest BCUT2D eigenvalue weighted by molar-refractivity contribution is 7.99. The number of aryl methyl sites for hydroxylation is 1. The van der Waals surface area contributed by atoms with Gasteiger partial charge in [-0.1, -0.05) is 54.2 Å². The molecule has 0 saturated carbocycles. The third kappa shape index (κ3) is 4.58. The zero-order valence-corrected chi connectivity index (χ0v) is 14.4. The summed E-state index contributed by atoms with van der Waals surface area (Å²) < 4.78 is 7.02.